The highest BCUT2D eigenvalue weighted by Gasteiger charge is 2.07. The molecule has 0 bridgehead atoms. The van der Waals surface area contributed by atoms with Crippen molar-refractivity contribution < 1.29 is 0 Å². The third kappa shape index (κ3) is 3.07. The van der Waals surface area contributed by atoms with Crippen LogP contribution in [-0.4, -0.2) is 15.0 Å². The molecule has 0 fully saturated rings. The van der Waals surface area contributed by atoms with E-state index in [1.807, 2.05) is 12.1 Å². The molecular formula is C9H4BrCl2N3S. The molecule has 0 spiro atoms. The van der Waals surface area contributed by atoms with Gasteiger partial charge < -0.3 is 0 Å². The molecule has 0 atom stereocenters. The Labute approximate surface area is 115 Å². The van der Waals surface area contributed by atoms with Gasteiger partial charge in [-0.25, -0.2) is 15.0 Å². The summed E-state index contributed by atoms with van der Waals surface area (Å²) in [7, 11) is 0. The van der Waals surface area contributed by atoms with Crippen LogP contribution in [0.5, 0.6) is 0 Å². The summed E-state index contributed by atoms with van der Waals surface area (Å²) >= 11 is 16.3. The molecule has 0 amide bonds. The molecule has 2 rings (SSSR count). The number of hydrogen-bond acceptors (Lipinski definition) is 4. The van der Waals surface area contributed by atoms with Crippen molar-refractivity contribution in [3.63, 3.8) is 0 Å². The molecule has 2 aromatic rings. The van der Waals surface area contributed by atoms with Gasteiger partial charge in [0.15, 0.2) is 0 Å². The third-order valence-corrected chi connectivity index (χ3v) is 3.58. The van der Waals surface area contributed by atoms with Crippen molar-refractivity contribution in [3.8, 4) is 0 Å². The van der Waals surface area contributed by atoms with Gasteiger partial charge in [-0.3, -0.25) is 0 Å². The van der Waals surface area contributed by atoms with Crippen molar-refractivity contribution in [2.45, 2.75) is 10.1 Å². The molecule has 16 heavy (non-hydrogen) atoms. The Balaban J connectivity index is 2.26. The maximum absolute atomic E-state index is 5.94. The fourth-order valence-corrected chi connectivity index (χ4v) is 2.27. The Morgan fingerprint density at radius 2 is 1.94 bits per heavy atom. The lowest BCUT2D eigenvalue weighted by Crippen LogP contribution is -1.87. The summed E-state index contributed by atoms with van der Waals surface area (Å²) in [4.78, 5) is 12.0. The summed E-state index contributed by atoms with van der Waals surface area (Å²) in [5.74, 6) is 0. The number of rotatable bonds is 2. The van der Waals surface area contributed by atoms with Gasteiger partial charge in [-0.1, -0.05) is 11.6 Å². The first-order valence-electron chi connectivity index (χ1n) is 4.12. The van der Waals surface area contributed by atoms with Crippen LogP contribution in [-0.2, 0) is 0 Å². The molecule has 7 heteroatoms. The lowest BCUT2D eigenvalue weighted by Gasteiger charge is -2.02. The van der Waals surface area contributed by atoms with E-state index in [9.17, 15) is 0 Å². The van der Waals surface area contributed by atoms with E-state index < -0.39 is 0 Å². The standard InChI is InChI=1S/C9H4BrCl2N3S/c10-5-1-2-7(13-3-5)16-8-6(11)4-14-9(12)15-8/h1-4H. The Morgan fingerprint density at radius 3 is 2.62 bits per heavy atom. The largest absolute Gasteiger partial charge is 0.248 e. The molecule has 0 unspecified atom stereocenters. The molecule has 0 aliphatic heterocycles. The van der Waals surface area contributed by atoms with E-state index in [2.05, 4.69) is 30.9 Å². The summed E-state index contributed by atoms with van der Waals surface area (Å²) in [6.45, 7) is 0. The quantitative estimate of drug-likeness (QED) is 0.611. The van der Waals surface area contributed by atoms with E-state index in [1.165, 1.54) is 18.0 Å². The van der Waals surface area contributed by atoms with E-state index in [0.717, 1.165) is 9.50 Å². The minimum atomic E-state index is 0.170. The van der Waals surface area contributed by atoms with Gasteiger partial charge in [0.05, 0.1) is 11.2 Å². The normalized spacial score (nSPS) is 10.4. The van der Waals surface area contributed by atoms with Crippen LogP contribution in [0.15, 0.2) is 39.1 Å². The van der Waals surface area contributed by atoms with E-state index in [-0.39, 0.29) is 5.28 Å². The summed E-state index contributed by atoms with van der Waals surface area (Å²) in [6.07, 6.45) is 3.18. The summed E-state index contributed by atoms with van der Waals surface area (Å²) in [5.41, 5.74) is 0. The van der Waals surface area contributed by atoms with Crippen molar-refractivity contribution in [3.05, 3.63) is 39.3 Å². The maximum atomic E-state index is 5.94. The van der Waals surface area contributed by atoms with Crippen molar-refractivity contribution in [2.75, 3.05) is 0 Å². The number of pyridine rings is 1. The number of hydrogen-bond donors (Lipinski definition) is 0. The van der Waals surface area contributed by atoms with Gasteiger partial charge in [0, 0.05) is 10.7 Å². The predicted octanol–water partition coefficient (Wildman–Crippen LogP) is 4.09. The van der Waals surface area contributed by atoms with E-state index in [0.29, 0.717) is 10.0 Å². The van der Waals surface area contributed by atoms with Gasteiger partial charge in [-0.05, 0) is 51.4 Å². The Bertz CT molecular complexity index is 507. The number of halogens is 3. The van der Waals surface area contributed by atoms with Crippen LogP contribution in [0.4, 0.5) is 0 Å². The smallest absolute Gasteiger partial charge is 0.223 e. The highest BCUT2D eigenvalue weighted by Crippen LogP contribution is 2.30. The highest BCUT2D eigenvalue weighted by molar-refractivity contribution is 9.10. The van der Waals surface area contributed by atoms with E-state index >= 15 is 0 Å². The van der Waals surface area contributed by atoms with E-state index in [1.54, 1.807) is 6.20 Å². The molecule has 2 aromatic heterocycles. The Morgan fingerprint density at radius 1 is 1.12 bits per heavy atom. The molecule has 0 radical (unpaired) electrons. The Hall–Kier alpha value is -0.360. The fraction of sp³-hybridized carbons (Fsp3) is 0. The second-order valence-corrected chi connectivity index (χ2v) is 5.38. The second-order valence-electron chi connectivity index (χ2n) is 2.71. The van der Waals surface area contributed by atoms with Gasteiger partial charge in [0.25, 0.3) is 0 Å². The van der Waals surface area contributed by atoms with Crippen LogP contribution < -0.4 is 0 Å². The Kier molecular flexibility index (Phi) is 4.02. The van der Waals surface area contributed by atoms with Crippen molar-refractivity contribution in [1.29, 1.82) is 0 Å². The summed E-state index contributed by atoms with van der Waals surface area (Å²) < 4.78 is 0.920. The van der Waals surface area contributed by atoms with Crippen LogP contribution in [0, 0.1) is 0 Å². The van der Waals surface area contributed by atoms with Crippen LogP contribution in [0.1, 0.15) is 0 Å². The first kappa shape index (κ1) is 12.1. The molecular weight excluding hydrogens is 333 g/mol. The van der Waals surface area contributed by atoms with Gasteiger partial charge in [0.2, 0.25) is 5.28 Å². The fourth-order valence-electron chi connectivity index (χ4n) is 0.924. The van der Waals surface area contributed by atoms with Gasteiger partial charge in [-0.15, -0.1) is 0 Å². The first-order chi connectivity index (χ1) is 7.65. The molecule has 2 heterocycles. The zero-order valence-electron chi connectivity index (χ0n) is 7.69. The molecule has 0 aliphatic carbocycles. The monoisotopic (exact) mass is 335 g/mol. The molecule has 82 valence electrons. The molecule has 0 saturated heterocycles. The zero-order valence-corrected chi connectivity index (χ0v) is 11.6. The topological polar surface area (TPSA) is 38.7 Å². The van der Waals surface area contributed by atoms with Crippen LogP contribution in [0.2, 0.25) is 10.3 Å². The van der Waals surface area contributed by atoms with Crippen LogP contribution in [0.3, 0.4) is 0 Å². The molecule has 0 N–H and O–H groups in total. The zero-order chi connectivity index (χ0) is 11.5. The molecule has 0 aliphatic rings. The minimum absolute atomic E-state index is 0.170. The van der Waals surface area contributed by atoms with Gasteiger partial charge >= 0.3 is 0 Å². The van der Waals surface area contributed by atoms with E-state index in [4.69, 9.17) is 23.2 Å². The molecule has 0 aromatic carbocycles. The first-order valence-corrected chi connectivity index (χ1v) is 6.49. The molecule has 0 saturated carbocycles. The third-order valence-electron chi connectivity index (χ3n) is 1.58. The SMILES string of the molecule is Clc1ncc(Cl)c(Sc2ccc(Br)cn2)n1. The average molecular weight is 337 g/mol. The predicted molar refractivity (Wildman–Crippen MR) is 68.1 cm³/mol. The number of aromatic nitrogens is 3. The second kappa shape index (κ2) is 5.31. The van der Waals surface area contributed by atoms with Crippen molar-refractivity contribution in [1.82, 2.24) is 15.0 Å². The van der Waals surface area contributed by atoms with Gasteiger partial charge in [0.1, 0.15) is 10.1 Å². The summed E-state index contributed by atoms with van der Waals surface area (Å²) in [6, 6.07) is 3.76. The maximum Gasteiger partial charge on any atom is 0.223 e. The van der Waals surface area contributed by atoms with Crippen LogP contribution in [0.25, 0.3) is 0 Å². The minimum Gasteiger partial charge on any atom is -0.248 e. The van der Waals surface area contributed by atoms with Crippen molar-refractivity contribution >= 4 is 50.9 Å². The average Bonchev–Trinajstić information content (AvgIpc) is 2.27. The van der Waals surface area contributed by atoms with Crippen molar-refractivity contribution in [2.24, 2.45) is 0 Å². The summed E-state index contributed by atoms with van der Waals surface area (Å²) in [5, 5.41) is 2.01. The van der Waals surface area contributed by atoms with Crippen LogP contribution >= 0.6 is 50.9 Å². The molecule has 3 nitrogen and oxygen atoms in total. The lowest BCUT2D eigenvalue weighted by atomic mass is 10.5. The highest BCUT2D eigenvalue weighted by atomic mass is 79.9. The lowest BCUT2D eigenvalue weighted by molar-refractivity contribution is 1.04. The van der Waals surface area contributed by atoms with Gasteiger partial charge in [-0.2, -0.15) is 0 Å². The number of nitrogens with zero attached hydrogens (tertiary/aromatic N) is 3.